The summed E-state index contributed by atoms with van der Waals surface area (Å²) in [5.74, 6) is -0.551. The summed E-state index contributed by atoms with van der Waals surface area (Å²) in [5, 5.41) is 2.90. The van der Waals surface area contributed by atoms with E-state index in [1.165, 1.54) is 0 Å². The quantitative estimate of drug-likeness (QED) is 0.494. The molecular weight excluding hydrogens is 388 g/mol. The van der Waals surface area contributed by atoms with Gasteiger partial charge in [-0.05, 0) is 81.1 Å². The maximum atomic E-state index is 12.6. The first kappa shape index (κ1) is 22.3. The number of nitrogens with one attached hydrogen (secondary N) is 1. The number of carbonyl (C=O) groups excluding carboxylic acids is 2. The van der Waals surface area contributed by atoms with Gasteiger partial charge >= 0.3 is 5.97 Å². The number of hydrogen-bond donors (Lipinski definition) is 1. The SMILES string of the molecule is CC[C@H](C)c1ccccc1NC(=O)[C@H](C)OC(=O)c1ccc(-n2c(C)ccc2C)cc1. The molecule has 3 rings (SSSR count). The van der Waals surface area contributed by atoms with Crippen LogP contribution in [0.1, 0.15) is 60.4 Å². The lowest BCUT2D eigenvalue weighted by Gasteiger charge is -2.18. The highest BCUT2D eigenvalue weighted by Crippen LogP contribution is 2.26. The summed E-state index contributed by atoms with van der Waals surface area (Å²) in [6.07, 6.45) is 0.0567. The fraction of sp³-hybridized carbons (Fsp3) is 0.308. The molecule has 1 N–H and O–H groups in total. The molecule has 0 aliphatic carbocycles. The van der Waals surface area contributed by atoms with E-state index in [1.807, 2.05) is 50.2 Å². The normalized spacial score (nSPS) is 12.8. The number of carbonyl (C=O) groups is 2. The minimum Gasteiger partial charge on any atom is -0.449 e. The Morgan fingerprint density at radius 1 is 0.935 bits per heavy atom. The maximum absolute atomic E-state index is 12.6. The van der Waals surface area contributed by atoms with Gasteiger partial charge in [-0.2, -0.15) is 0 Å². The number of aromatic nitrogens is 1. The number of para-hydroxylation sites is 1. The van der Waals surface area contributed by atoms with Gasteiger partial charge in [0.05, 0.1) is 5.56 Å². The fourth-order valence-corrected chi connectivity index (χ4v) is 3.60. The lowest BCUT2D eigenvalue weighted by Crippen LogP contribution is -2.30. The zero-order valence-corrected chi connectivity index (χ0v) is 18.8. The molecule has 2 atom stereocenters. The number of amides is 1. The zero-order valence-electron chi connectivity index (χ0n) is 18.8. The predicted octanol–water partition coefficient (Wildman–Crippen LogP) is 5.79. The molecule has 0 aliphatic rings. The van der Waals surface area contributed by atoms with E-state index in [1.54, 1.807) is 19.1 Å². The van der Waals surface area contributed by atoms with Gasteiger partial charge in [0.25, 0.3) is 5.91 Å². The molecular formula is C26H30N2O3. The molecule has 0 saturated heterocycles. The Hall–Kier alpha value is -3.34. The van der Waals surface area contributed by atoms with E-state index in [9.17, 15) is 9.59 Å². The van der Waals surface area contributed by atoms with E-state index in [-0.39, 0.29) is 5.91 Å². The van der Waals surface area contributed by atoms with Crippen molar-refractivity contribution in [3.63, 3.8) is 0 Å². The Labute approximate surface area is 184 Å². The Kier molecular flexibility index (Phi) is 6.95. The third-order valence-corrected chi connectivity index (χ3v) is 5.65. The highest BCUT2D eigenvalue weighted by atomic mass is 16.5. The van der Waals surface area contributed by atoms with Gasteiger partial charge in [-0.25, -0.2) is 4.79 Å². The molecule has 0 radical (unpaired) electrons. The van der Waals surface area contributed by atoms with E-state index in [0.29, 0.717) is 11.5 Å². The number of benzene rings is 2. The van der Waals surface area contributed by atoms with Gasteiger partial charge in [0.2, 0.25) is 0 Å². The largest absolute Gasteiger partial charge is 0.449 e. The minimum atomic E-state index is -0.911. The van der Waals surface area contributed by atoms with E-state index in [2.05, 4.69) is 35.9 Å². The molecule has 2 aromatic carbocycles. The van der Waals surface area contributed by atoms with Crippen molar-refractivity contribution in [1.29, 1.82) is 0 Å². The van der Waals surface area contributed by atoms with Crippen LogP contribution >= 0.6 is 0 Å². The van der Waals surface area contributed by atoms with Gasteiger partial charge in [-0.15, -0.1) is 0 Å². The van der Waals surface area contributed by atoms with Crippen LogP contribution in [-0.2, 0) is 9.53 Å². The van der Waals surface area contributed by atoms with Crippen LogP contribution in [0.3, 0.4) is 0 Å². The van der Waals surface area contributed by atoms with Crippen LogP contribution in [0.4, 0.5) is 5.69 Å². The van der Waals surface area contributed by atoms with Crippen molar-refractivity contribution in [3.05, 3.63) is 83.2 Å². The predicted molar refractivity (Wildman–Crippen MR) is 124 cm³/mol. The molecule has 0 unspecified atom stereocenters. The molecule has 0 spiro atoms. The molecule has 162 valence electrons. The lowest BCUT2D eigenvalue weighted by atomic mass is 9.97. The van der Waals surface area contributed by atoms with Gasteiger partial charge in [0.15, 0.2) is 6.10 Å². The second-order valence-electron chi connectivity index (χ2n) is 7.93. The Bertz CT molecular complexity index is 1050. The summed E-state index contributed by atoms with van der Waals surface area (Å²) in [5.41, 5.74) is 5.45. The Morgan fingerprint density at radius 3 is 2.16 bits per heavy atom. The average molecular weight is 419 g/mol. The number of anilines is 1. The van der Waals surface area contributed by atoms with Crippen molar-refractivity contribution < 1.29 is 14.3 Å². The van der Waals surface area contributed by atoms with Gasteiger partial charge in [0, 0.05) is 22.8 Å². The van der Waals surface area contributed by atoms with Crippen LogP contribution in [0.15, 0.2) is 60.7 Å². The molecule has 1 amide bonds. The smallest absolute Gasteiger partial charge is 0.338 e. The first-order chi connectivity index (χ1) is 14.8. The lowest BCUT2D eigenvalue weighted by molar-refractivity contribution is -0.123. The molecule has 5 nitrogen and oxygen atoms in total. The number of rotatable bonds is 7. The van der Waals surface area contributed by atoms with Crippen LogP contribution in [0.25, 0.3) is 5.69 Å². The monoisotopic (exact) mass is 418 g/mol. The van der Waals surface area contributed by atoms with Crippen molar-refractivity contribution >= 4 is 17.6 Å². The summed E-state index contributed by atoms with van der Waals surface area (Å²) in [7, 11) is 0. The van der Waals surface area contributed by atoms with Crippen molar-refractivity contribution in [2.45, 2.75) is 53.1 Å². The molecule has 1 aromatic heterocycles. The highest BCUT2D eigenvalue weighted by molar-refractivity contribution is 5.97. The molecule has 5 heteroatoms. The molecule has 1 heterocycles. The highest BCUT2D eigenvalue weighted by Gasteiger charge is 2.20. The second kappa shape index (κ2) is 9.65. The molecule has 0 fully saturated rings. The van der Waals surface area contributed by atoms with Gasteiger partial charge < -0.3 is 14.6 Å². The second-order valence-corrected chi connectivity index (χ2v) is 7.93. The van der Waals surface area contributed by atoms with Crippen molar-refractivity contribution in [2.24, 2.45) is 0 Å². The van der Waals surface area contributed by atoms with E-state index < -0.39 is 12.1 Å². The third-order valence-electron chi connectivity index (χ3n) is 5.65. The van der Waals surface area contributed by atoms with E-state index in [0.717, 1.165) is 34.7 Å². The van der Waals surface area contributed by atoms with E-state index in [4.69, 9.17) is 4.74 Å². The summed E-state index contributed by atoms with van der Waals surface area (Å²) >= 11 is 0. The first-order valence-corrected chi connectivity index (χ1v) is 10.7. The molecule has 31 heavy (non-hydrogen) atoms. The van der Waals surface area contributed by atoms with Crippen LogP contribution < -0.4 is 5.32 Å². The van der Waals surface area contributed by atoms with Crippen LogP contribution in [0.2, 0.25) is 0 Å². The molecule has 0 saturated carbocycles. The maximum Gasteiger partial charge on any atom is 0.338 e. The summed E-state index contributed by atoms with van der Waals surface area (Å²) in [6, 6.07) is 19.0. The fourth-order valence-electron chi connectivity index (χ4n) is 3.60. The Morgan fingerprint density at radius 2 is 1.55 bits per heavy atom. The number of esters is 1. The standard InChI is InChI=1S/C26H30N2O3/c1-6-17(2)23-9-7-8-10-24(23)27-25(29)20(5)31-26(30)21-13-15-22(16-14-21)28-18(3)11-12-19(28)4/h7-17,20H,6H2,1-5H3,(H,27,29)/t17-,20-/m0/s1. The molecule has 0 bridgehead atoms. The third kappa shape index (κ3) is 5.05. The number of ether oxygens (including phenoxy) is 1. The van der Waals surface area contributed by atoms with Crippen LogP contribution in [-0.4, -0.2) is 22.5 Å². The number of nitrogens with zero attached hydrogens (tertiary/aromatic N) is 1. The molecule has 3 aromatic rings. The van der Waals surface area contributed by atoms with Crippen LogP contribution in [0, 0.1) is 13.8 Å². The number of aryl methyl sites for hydroxylation is 2. The van der Waals surface area contributed by atoms with Crippen molar-refractivity contribution in [2.75, 3.05) is 5.32 Å². The van der Waals surface area contributed by atoms with Crippen molar-refractivity contribution in [1.82, 2.24) is 4.57 Å². The average Bonchev–Trinajstić information content (AvgIpc) is 3.11. The summed E-state index contributed by atoms with van der Waals surface area (Å²) in [6.45, 7) is 9.89. The summed E-state index contributed by atoms with van der Waals surface area (Å²) in [4.78, 5) is 25.2. The minimum absolute atomic E-state index is 0.320. The van der Waals surface area contributed by atoms with Gasteiger partial charge in [-0.3, -0.25) is 4.79 Å². The topological polar surface area (TPSA) is 60.3 Å². The van der Waals surface area contributed by atoms with E-state index >= 15 is 0 Å². The summed E-state index contributed by atoms with van der Waals surface area (Å²) < 4.78 is 7.53. The zero-order chi connectivity index (χ0) is 22.5. The Balaban J connectivity index is 1.66. The first-order valence-electron chi connectivity index (χ1n) is 10.7. The van der Waals surface area contributed by atoms with Crippen LogP contribution in [0.5, 0.6) is 0 Å². The van der Waals surface area contributed by atoms with Gasteiger partial charge in [0.1, 0.15) is 0 Å². The molecule has 0 aliphatic heterocycles. The van der Waals surface area contributed by atoms with Crippen molar-refractivity contribution in [3.8, 4) is 5.69 Å². The number of hydrogen-bond acceptors (Lipinski definition) is 3. The van der Waals surface area contributed by atoms with Gasteiger partial charge in [-0.1, -0.05) is 32.0 Å².